The van der Waals surface area contributed by atoms with Crippen molar-refractivity contribution in [2.75, 3.05) is 30.0 Å². The summed E-state index contributed by atoms with van der Waals surface area (Å²) in [6, 6.07) is 21.3. The van der Waals surface area contributed by atoms with E-state index in [1.165, 1.54) is 0 Å². The van der Waals surface area contributed by atoms with Crippen LogP contribution < -0.4 is 15.4 Å². The highest BCUT2D eigenvalue weighted by atomic mass is 35.5. The van der Waals surface area contributed by atoms with Gasteiger partial charge in [-0.1, -0.05) is 35.5 Å². The highest BCUT2D eigenvalue weighted by molar-refractivity contribution is 8.13. The van der Waals surface area contributed by atoms with Gasteiger partial charge in [0.05, 0.1) is 24.4 Å². The summed E-state index contributed by atoms with van der Waals surface area (Å²) in [5.41, 5.74) is 4.11. The quantitative estimate of drug-likeness (QED) is 0.376. The number of thioether (sulfide) groups is 1. The summed E-state index contributed by atoms with van der Waals surface area (Å²) < 4.78 is 5.22. The fraction of sp³-hybridized carbons (Fsp3) is 0.207. The number of fused-ring (bicyclic) bond motifs is 1. The number of hydrogen-bond acceptors (Lipinski definition) is 6. The van der Waals surface area contributed by atoms with Crippen LogP contribution in [-0.4, -0.2) is 41.3 Å². The maximum atomic E-state index is 13.6. The van der Waals surface area contributed by atoms with Crippen molar-refractivity contribution in [3.8, 4) is 5.75 Å². The Morgan fingerprint density at radius 1 is 0.947 bits per heavy atom. The molecule has 0 radical (unpaired) electrons. The third kappa shape index (κ3) is 5.56. The van der Waals surface area contributed by atoms with Crippen LogP contribution in [0.2, 0.25) is 5.02 Å². The molecule has 1 fully saturated rings. The minimum absolute atomic E-state index is 0.198. The van der Waals surface area contributed by atoms with Crippen LogP contribution in [0.15, 0.2) is 89.1 Å². The minimum Gasteiger partial charge on any atom is -0.497 e. The zero-order valence-electron chi connectivity index (χ0n) is 21.0. The Balaban J connectivity index is 1.41. The number of methoxy groups -OCH3 is 1. The number of carbonyl (C=O) groups is 2. The molecule has 0 spiro atoms. The first-order valence-electron chi connectivity index (χ1n) is 12.2. The average molecular weight is 547 g/mol. The number of allylic oxidation sites excluding steroid dienone is 1. The topological polar surface area (TPSA) is 83.0 Å². The van der Waals surface area contributed by atoms with E-state index in [2.05, 4.69) is 15.5 Å². The summed E-state index contributed by atoms with van der Waals surface area (Å²) in [6.07, 6.45) is 1.00. The van der Waals surface area contributed by atoms with Gasteiger partial charge in [-0.25, -0.2) is 4.99 Å². The molecule has 9 heteroatoms. The number of nitrogens with one attached hydrogen (secondary N) is 2. The molecule has 0 aromatic heterocycles. The van der Waals surface area contributed by atoms with Crippen molar-refractivity contribution >= 4 is 51.7 Å². The third-order valence-corrected chi connectivity index (χ3v) is 7.77. The van der Waals surface area contributed by atoms with Gasteiger partial charge in [0.15, 0.2) is 5.17 Å². The van der Waals surface area contributed by atoms with E-state index in [4.69, 9.17) is 21.3 Å². The summed E-state index contributed by atoms with van der Waals surface area (Å²) in [5.74, 6) is 1.30. The molecule has 2 aliphatic rings. The van der Waals surface area contributed by atoms with Gasteiger partial charge in [-0.15, -0.1) is 0 Å². The maximum absolute atomic E-state index is 13.6. The Bertz CT molecular complexity index is 1400. The number of amidine groups is 1. The molecule has 1 atom stereocenters. The molecule has 194 valence electrons. The van der Waals surface area contributed by atoms with Gasteiger partial charge in [0.25, 0.3) is 11.8 Å². The number of benzene rings is 3. The number of carbonyl (C=O) groups excluding carboxylic acids is 2. The maximum Gasteiger partial charge on any atom is 0.255 e. The molecule has 3 aromatic carbocycles. The molecule has 0 unspecified atom stereocenters. The highest BCUT2D eigenvalue weighted by Crippen LogP contribution is 2.40. The first-order chi connectivity index (χ1) is 18.4. The molecule has 2 N–H and O–H groups in total. The summed E-state index contributed by atoms with van der Waals surface area (Å²) in [7, 11) is 1.61. The standard InChI is InChI=1S/C29H27ClN4O3S/c1-18-25(28(36)33-23-12-14-24(37-2)15-13-23)26(34-16-3-17-38-29(34)31-18)19-6-10-22(11-7-19)32-27(35)20-4-8-21(30)9-5-20/h4-15,26H,3,16-17H2,1-2H3,(H,32,35)(H,33,36)/t26-/m0/s1. The van der Waals surface area contributed by atoms with E-state index in [1.807, 2.05) is 55.5 Å². The van der Waals surface area contributed by atoms with Crippen molar-refractivity contribution in [1.29, 1.82) is 0 Å². The van der Waals surface area contributed by atoms with Gasteiger partial charge in [0, 0.05) is 34.3 Å². The van der Waals surface area contributed by atoms with E-state index in [0.29, 0.717) is 33.2 Å². The Kier molecular flexibility index (Phi) is 7.72. The number of anilines is 2. The van der Waals surface area contributed by atoms with Crippen molar-refractivity contribution in [1.82, 2.24) is 4.90 Å². The monoisotopic (exact) mass is 546 g/mol. The molecule has 0 saturated carbocycles. The molecule has 38 heavy (non-hydrogen) atoms. The third-order valence-electron chi connectivity index (χ3n) is 6.44. The van der Waals surface area contributed by atoms with Crippen LogP contribution in [0.5, 0.6) is 5.75 Å². The van der Waals surface area contributed by atoms with Crippen LogP contribution in [0.3, 0.4) is 0 Å². The van der Waals surface area contributed by atoms with Crippen LogP contribution >= 0.6 is 23.4 Å². The van der Waals surface area contributed by atoms with Crippen molar-refractivity contribution in [3.05, 3.63) is 100 Å². The number of amides is 2. The van der Waals surface area contributed by atoms with E-state index in [1.54, 1.807) is 43.1 Å². The number of halogens is 1. The van der Waals surface area contributed by atoms with Gasteiger partial charge in [-0.05, 0) is 79.6 Å². The Labute approximate surface area is 230 Å². The zero-order valence-corrected chi connectivity index (χ0v) is 22.6. The largest absolute Gasteiger partial charge is 0.497 e. The number of nitrogens with zero attached hydrogens (tertiary/aromatic N) is 2. The molecule has 2 amide bonds. The summed E-state index contributed by atoms with van der Waals surface area (Å²) in [4.78, 5) is 33.2. The van der Waals surface area contributed by atoms with Crippen molar-refractivity contribution in [2.45, 2.75) is 19.4 Å². The second kappa shape index (κ2) is 11.3. The summed E-state index contributed by atoms with van der Waals surface area (Å²) in [5, 5.41) is 7.46. The fourth-order valence-electron chi connectivity index (χ4n) is 4.53. The average Bonchev–Trinajstić information content (AvgIpc) is 2.93. The molecular weight excluding hydrogens is 520 g/mol. The van der Waals surface area contributed by atoms with Crippen molar-refractivity contribution in [3.63, 3.8) is 0 Å². The number of rotatable bonds is 6. The first-order valence-corrected chi connectivity index (χ1v) is 13.6. The van der Waals surface area contributed by atoms with Crippen LogP contribution in [0.1, 0.15) is 35.3 Å². The van der Waals surface area contributed by atoms with E-state index in [9.17, 15) is 9.59 Å². The van der Waals surface area contributed by atoms with Crippen molar-refractivity contribution < 1.29 is 14.3 Å². The lowest BCUT2D eigenvalue weighted by molar-refractivity contribution is -0.113. The minimum atomic E-state index is -0.297. The molecule has 7 nitrogen and oxygen atoms in total. The molecule has 1 saturated heterocycles. The second-order valence-corrected chi connectivity index (χ2v) is 10.5. The smallest absolute Gasteiger partial charge is 0.255 e. The molecule has 2 aliphatic heterocycles. The number of aliphatic imine (C=N–C) groups is 1. The lowest BCUT2D eigenvalue weighted by Crippen LogP contribution is -2.43. The van der Waals surface area contributed by atoms with Crippen LogP contribution in [-0.2, 0) is 4.79 Å². The van der Waals surface area contributed by atoms with Gasteiger partial charge in [0.1, 0.15) is 5.75 Å². The van der Waals surface area contributed by atoms with E-state index in [0.717, 1.165) is 35.2 Å². The summed E-state index contributed by atoms with van der Waals surface area (Å²) >= 11 is 7.65. The molecule has 0 aliphatic carbocycles. The van der Waals surface area contributed by atoms with Crippen LogP contribution in [0.25, 0.3) is 0 Å². The van der Waals surface area contributed by atoms with Gasteiger partial charge >= 0.3 is 0 Å². The van der Waals surface area contributed by atoms with Gasteiger partial charge in [0.2, 0.25) is 0 Å². The Hall–Kier alpha value is -3.75. The van der Waals surface area contributed by atoms with E-state index >= 15 is 0 Å². The Morgan fingerprint density at radius 3 is 2.24 bits per heavy atom. The molecule has 3 aromatic rings. The molecule has 5 rings (SSSR count). The predicted octanol–water partition coefficient (Wildman–Crippen LogP) is 6.36. The SMILES string of the molecule is COc1ccc(NC(=O)C2=C(C)N=C3SCCCN3[C@H]2c2ccc(NC(=O)c3ccc(Cl)cc3)cc2)cc1. The first kappa shape index (κ1) is 25.9. The van der Waals surface area contributed by atoms with Crippen LogP contribution in [0, 0.1) is 0 Å². The van der Waals surface area contributed by atoms with Crippen LogP contribution in [0.4, 0.5) is 11.4 Å². The molecular formula is C29H27ClN4O3S. The fourth-order valence-corrected chi connectivity index (χ4v) is 5.68. The normalized spacial score (nSPS) is 16.9. The number of ether oxygens (including phenoxy) is 1. The molecule has 0 bridgehead atoms. The second-order valence-electron chi connectivity index (χ2n) is 8.96. The Morgan fingerprint density at radius 2 is 1.58 bits per heavy atom. The van der Waals surface area contributed by atoms with E-state index in [-0.39, 0.29) is 17.9 Å². The van der Waals surface area contributed by atoms with Gasteiger partial charge < -0.3 is 20.3 Å². The summed E-state index contributed by atoms with van der Waals surface area (Å²) in [6.45, 7) is 2.69. The zero-order chi connectivity index (χ0) is 26.6. The predicted molar refractivity (Wildman–Crippen MR) is 154 cm³/mol. The lowest BCUT2D eigenvalue weighted by Gasteiger charge is -2.41. The number of hydrogen-bond donors (Lipinski definition) is 2. The highest BCUT2D eigenvalue weighted by Gasteiger charge is 2.37. The van der Waals surface area contributed by atoms with Gasteiger partial charge in [-0.2, -0.15) is 0 Å². The van der Waals surface area contributed by atoms with E-state index < -0.39 is 0 Å². The lowest BCUT2D eigenvalue weighted by atomic mass is 9.93. The van der Waals surface area contributed by atoms with Crippen molar-refractivity contribution in [2.24, 2.45) is 4.99 Å². The molecule has 2 heterocycles. The van der Waals surface area contributed by atoms with Gasteiger partial charge in [-0.3, -0.25) is 9.59 Å².